The van der Waals surface area contributed by atoms with Crippen molar-refractivity contribution in [3.05, 3.63) is 44.3 Å². The number of carbonyl (C=O) groups excluding carboxylic acids is 1. The summed E-state index contributed by atoms with van der Waals surface area (Å²) in [4.78, 5) is 45.7. The van der Waals surface area contributed by atoms with Crippen LogP contribution in [0.1, 0.15) is 0 Å². The number of nitrogens with zero attached hydrogens (tertiary/aromatic N) is 3. The van der Waals surface area contributed by atoms with Gasteiger partial charge < -0.3 is 4.74 Å². The average Bonchev–Trinajstić information content (AvgIpc) is 2.30. The number of carbonyl (C=O) groups is 1. The van der Waals surface area contributed by atoms with Crippen LogP contribution in [0.5, 0.6) is 0 Å². The van der Waals surface area contributed by atoms with E-state index in [0.717, 1.165) is 15.4 Å². The number of rotatable bonds is 3. The van der Waals surface area contributed by atoms with Crippen LogP contribution in [0.25, 0.3) is 0 Å². The van der Waals surface area contributed by atoms with E-state index in [1.165, 1.54) is 14.1 Å². The molecule has 0 saturated carbocycles. The third kappa shape index (κ3) is 2.25. The number of hydrogen-bond donors (Lipinski definition) is 0. The Morgan fingerprint density at radius 3 is 2.06 bits per heavy atom. The molecule has 0 aliphatic rings. The summed E-state index contributed by atoms with van der Waals surface area (Å²) < 4.78 is 6.45. The third-order valence-corrected chi connectivity index (χ3v) is 2.11. The average molecular weight is 241 g/mol. The quantitative estimate of drug-likeness (QED) is 0.448. The van der Waals surface area contributed by atoms with E-state index in [4.69, 9.17) is 0 Å². The van der Waals surface area contributed by atoms with Gasteiger partial charge in [0.15, 0.2) is 0 Å². The second-order valence-electron chi connectivity index (χ2n) is 3.21. The zero-order chi connectivity index (χ0) is 13.2. The lowest BCUT2D eigenvalue weighted by atomic mass is 10.6. The number of aromatic nitrogens is 3. The van der Waals surface area contributed by atoms with Crippen LogP contribution in [0.15, 0.2) is 27.2 Å². The van der Waals surface area contributed by atoms with E-state index in [1.807, 2.05) is 0 Å². The predicted octanol–water partition coefficient (Wildman–Crippen LogP) is -2.07. The molecule has 0 aromatic carbocycles. The molecular weight excluding hydrogens is 230 g/mol. The lowest BCUT2D eigenvalue weighted by molar-refractivity contribution is -0.138. The lowest BCUT2D eigenvalue weighted by Crippen LogP contribution is -2.53. The first kappa shape index (κ1) is 12.7. The standard InChI is InChI=1S/C9H11N3O5/c1-4-17-6(13)5-12-8(15)10(2)7(14)11(3)9(12)16/h4H,1,5H2,2-3H3. The monoisotopic (exact) mass is 241 g/mol. The first-order valence-corrected chi connectivity index (χ1v) is 4.57. The highest BCUT2D eigenvalue weighted by atomic mass is 16.5. The summed E-state index contributed by atoms with van der Waals surface area (Å²) in [5, 5.41) is 0. The van der Waals surface area contributed by atoms with Crippen molar-refractivity contribution < 1.29 is 9.53 Å². The van der Waals surface area contributed by atoms with Crippen LogP contribution < -0.4 is 17.1 Å². The molecule has 0 fully saturated rings. The molecule has 0 atom stereocenters. The van der Waals surface area contributed by atoms with Gasteiger partial charge in [0.25, 0.3) is 0 Å². The Morgan fingerprint density at radius 1 is 1.18 bits per heavy atom. The second-order valence-corrected chi connectivity index (χ2v) is 3.21. The van der Waals surface area contributed by atoms with E-state index in [2.05, 4.69) is 11.3 Å². The molecule has 0 amide bonds. The van der Waals surface area contributed by atoms with Crippen LogP contribution in [0.4, 0.5) is 0 Å². The van der Waals surface area contributed by atoms with E-state index in [-0.39, 0.29) is 0 Å². The van der Waals surface area contributed by atoms with Gasteiger partial charge in [-0.3, -0.25) is 0 Å². The SMILES string of the molecule is C=COC(=O)Cn1c(=O)n(C)c(=O)n(C)c1=O. The Morgan fingerprint density at radius 2 is 1.65 bits per heavy atom. The molecule has 1 rings (SSSR count). The summed E-state index contributed by atoms with van der Waals surface area (Å²) >= 11 is 0. The first-order valence-electron chi connectivity index (χ1n) is 4.57. The second kappa shape index (κ2) is 4.64. The highest BCUT2D eigenvalue weighted by Crippen LogP contribution is 1.80. The van der Waals surface area contributed by atoms with E-state index in [1.54, 1.807) is 0 Å². The number of ether oxygens (including phenoxy) is 1. The zero-order valence-corrected chi connectivity index (χ0v) is 9.37. The van der Waals surface area contributed by atoms with E-state index < -0.39 is 29.6 Å². The number of esters is 1. The van der Waals surface area contributed by atoms with Gasteiger partial charge in [-0.05, 0) is 0 Å². The minimum Gasteiger partial charge on any atom is -0.434 e. The van der Waals surface area contributed by atoms with E-state index in [0.29, 0.717) is 4.57 Å². The van der Waals surface area contributed by atoms with Crippen LogP contribution in [-0.2, 0) is 30.2 Å². The van der Waals surface area contributed by atoms with Crippen molar-refractivity contribution in [1.82, 2.24) is 13.7 Å². The smallest absolute Gasteiger partial charge is 0.336 e. The molecule has 8 heteroatoms. The van der Waals surface area contributed by atoms with Gasteiger partial charge in [-0.1, -0.05) is 6.58 Å². The fraction of sp³-hybridized carbons (Fsp3) is 0.333. The van der Waals surface area contributed by atoms with Gasteiger partial charge in [0.2, 0.25) is 0 Å². The van der Waals surface area contributed by atoms with Crippen LogP contribution in [-0.4, -0.2) is 19.7 Å². The van der Waals surface area contributed by atoms with Crippen molar-refractivity contribution in [3.8, 4) is 0 Å². The van der Waals surface area contributed by atoms with Gasteiger partial charge in [-0.15, -0.1) is 0 Å². The molecule has 8 nitrogen and oxygen atoms in total. The largest absolute Gasteiger partial charge is 0.434 e. The van der Waals surface area contributed by atoms with Gasteiger partial charge in [0, 0.05) is 14.1 Å². The van der Waals surface area contributed by atoms with Gasteiger partial charge in [-0.2, -0.15) is 0 Å². The fourth-order valence-corrected chi connectivity index (χ4v) is 1.23. The maximum absolute atomic E-state index is 11.6. The molecule has 0 radical (unpaired) electrons. The molecule has 0 saturated heterocycles. The van der Waals surface area contributed by atoms with Crippen molar-refractivity contribution >= 4 is 5.97 Å². The molecular formula is C9H11N3O5. The number of hydrogen-bond acceptors (Lipinski definition) is 5. The summed E-state index contributed by atoms with van der Waals surface area (Å²) in [5.74, 6) is -0.821. The molecule has 17 heavy (non-hydrogen) atoms. The minimum absolute atomic E-state index is 0.578. The predicted molar refractivity (Wildman–Crippen MR) is 57.5 cm³/mol. The minimum atomic E-state index is -0.876. The molecule has 0 aliphatic heterocycles. The Labute approximate surface area is 95.0 Å². The Bertz CT molecular complexity index is 593. The fourth-order valence-electron chi connectivity index (χ4n) is 1.23. The third-order valence-electron chi connectivity index (χ3n) is 2.11. The molecule has 0 spiro atoms. The Hall–Kier alpha value is -2.38. The van der Waals surface area contributed by atoms with Crippen molar-refractivity contribution in [2.75, 3.05) is 0 Å². The summed E-state index contributed by atoms with van der Waals surface area (Å²) in [6.45, 7) is 2.59. The highest BCUT2D eigenvalue weighted by Gasteiger charge is 2.13. The normalized spacial score (nSPS) is 10.0. The van der Waals surface area contributed by atoms with Crippen molar-refractivity contribution in [2.24, 2.45) is 14.1 Å². The Kier molecular flexibility index (Phi) is 3.46. The van der Waals surface area contributed by atoms with Crippen LogP contribution in [0.2, 0.25) is 0 Å². The summed E-state index contributed by atoms with van der Waals surface area (Å²) in [6.07, 6.45) is 0.889. The molecule has 1 aromatic heterocycles. The van der Waals surface area contributed by atoms with Crippen molar-refractivity contribution in [3.63, 3.8) is 0 Å². The van der Waals surface area contributed by atoms with Gasteiger partial charge in [0.05, 0.1) is 6.26 Å². The summed E-state index contributed by atoms with van der Waals surface area (Å²) in [7, 11) is 2.42. The van der Waals surface area contributed by atoms with Crippen molar-refractivity contribution in [1.29, 1.82) is 0 Å². The molecule has 1 heterocycles. The van der Waals surface area contributed by atoms with Crippen molar-refractivity contribution in [2.45, 2.75) is 6.54 Å². The first-order chi connectivity index (χ1) is 7.90. The van der Waals surface area contributed by atoms with Crippen LogP contribution in [0, 0.1) is 0 Å². The molecule has 0 aliphatic carbocycles. The zero-order valence-electron chi connectivity index (χ0n) is 9.37. The van der Waals surface area contributed by atoms with E-state index >= 15 is 0 Å². The molecule has 1 aromatic rings. The molecule has 0 N–H and O–H groups in total. The summed E-state index contributed by atoms with van der Waals surface area (Å²) in [6, 6.07) is 0. The highest BCUT2D eigenvalue weighted by molar-refractivity contribution is 5.69. The van der Waals surface area contributed by atoms with Gasteiger partial charge in [0.1, 0.15) is 6.54 Å². The summed E-state index contributed by atoms with van der Waals surface area (Å²) in [5.41, 5.74) is -2.51. The maximum Gasteiger partial charge on any atom is 0.336 e. The molecule has 0 bridgehead atoms. The molecule has 92 valence electrons. The maximum atomic E-state index is 11.6. The Balaban J connectivity index is 3.41. The van der Waals surface area contributed by atoms with Gasteiger partial charge >= 0.3 is 23.0 Å². The van der Waals surface area contributed by atoms with Gasteiger partial charge in [-0.25, -0.2) is 32.9 Å². The molecule has 0 unspecified atom stereocenters. The van der Waals surface area contributed by atoms with Crippen LogP contribution in [0.3, 0.4) is 0 Å². The van der Waals surface area contributed by atoms with E-state index in [9.17, 15) is 19.2 Å². The van der Waals surface area contributed by atoms with Crippen LogP contribution >= 0.6 is 0 Å². The lowest BCUT2D eigenvalue weighted by Gasteiger charge is -2.07. The topological polar surface area (TPSA) is 92.3 Å².